The normalized spacial score (nSPS) is 13.4. The molecule has 0 bridgehead atoms. The molecule has 0 spiro atoms. The number of halogens is 1. The van der Waals surface area contributed by atoms with E-state index in [0.29, 0.717) is 48.5 Å². The van der Waals surface area contributed by atoms with Crippen LogP contribution in [0.15, 0.2) is 42.5 Å². The van der Waals surface area contributed by atoms with Crippen molar-refractivity contribution in [2.45, 2.75) is 26.3 Å². The molecule has 0 aliphatic carbocycles. The van der Waals surface area contributed by atoms with Gasteiger partial charge in [-0.1, -0.05) is 43.6 Å². The number of nitrogens with one attached hydrogen (secondary N) is 2. The fraction of sp³-hybridized carbons (Fsp3) is 0.391. The third kappa shape index (κ3) is 6.52. The van der Waals surface area contributed by atoms with E-state index >= 15 is 0 Å². The molecule has 8 heteroatoms. The second kappa shape index (κ2) is 10.9. The number of hydrogen-bond donors (Lipinski definition) is 2. The summed E-state index contributed by atoms with van der Waals surface area (Å²) in [5.41, 5.74) is 0.927. The molecular formula is C23H27ClN2O5. The van der Waals surface area contributed by atoms with Gasteiger partial charge in [0.25, 0.3) is 5.91 Å². The summed E-state index contributed by atoms with van der Waals surface area (Å²) in [4.78, 5) is 24.9. The molecule has 2 aromatic carbocycles. The molecule has 1 unspecified atom stereocenters. The number of rotatable bonds is 9. The van der Waals surface area contributed by atoms with E-state index in [-0.39, 0.29) is 24.3 Å². The summed E-state index contributed by atoms with van der Waals surface area (Å²) < 4.78 is 16.5. The van der Waals surface area contributed by atoms with E-state index in [1.165, 1.54) is 0 Å². The second-order valence-corrected chi connectivity index (χ2v) is 7.94. The van der Waals surface area contributed by atoms with E-state index in [1.54, 1.807) is 12.1 Å². The lowest BCUT2D eigenvalue weighted by Crippen LogP contribution is -2.51. The van der Waals surface area contributed by atoms with Gasteiger partial charge in [-0.25, -0.2) is 0 Å². The van der Waals surface area contributed by atoms with E-state index in [4.69, 9.17) is 25.8 Å². The Morgan fingerprint density at radius 2 is 1.87 bits per heavy atom. The molecule has 2 N–H and O–H groups in total. The number of carbonyl (C=O) groups excluding carboxylic acids is 2. The number of para-hydroxylation sites is 1. The minimum Gasteiger partial charge on any atom is -0.486 e. The van der Waals surface area contributed by atoms with Crippen molar-refractivity contribution < 1.29 is 23.8 Å². The number of benzene rings is 2. The molecule has 0 radical (unpaired) electrons. The van der Waals surface area contributed by atoms with Crippen LogP contribution in [-0.4, -0.2) is 44.2 Å². The summed E-state index contributed by atoms with van der Waals surface area (Å²) in [6.45, 7) is 4.95. The molecule has 1 heterocycles. The van der Waals surface area contributed by atoms with Crippen molar-refractivity contribution in [2.75, 3.05) is 26.4 Å². The van der Waals surface area contributed by atoms with Crippen molar-refractivity contribution in [3.63, 3.8) is 0 Å². The van der Waals surface area contributed by atoms with Crippen LogP contribution in [0.3, 0.4) is 0 Å². The van der Waals surface area contributed by atoms with Crippen molar-refractivity contribution in [3.8, 4) is 17.2 Å². The summed E-state index contributed by atoms with van der Waals surface area (Å²) in [6, 6.07) is 12.1. The highest BCUT2D eigenvalue weighted by Gasteiger charge is 2.24. The maximum absolute atomic E-state index is 12.6. The Morgan fingerprint density at radius 3 is 2.61 bits per heavy atom. The summed E-state index contributed by atoms with van der Waals surface area (Å²) in [5.74, 6) is 1.10. The summed E-state index contributed by atoms with van der Waals surface area (Å²) >= 11 is 6.26. The Hall–Kier alpha value is -2.93. The lowest BCUT2D eigenvalue weighted by atomic mass is 10.0. The third-order valence-electron chi connectivity index (χ3n) is 4.75. The number of amides is 2. The molecule has 0 saturated carbocycles. The topological polar surface area (TPSA) is 85.9 Å². The van der Waals surface area contributed by atoms with Crippen molar-refractivity contribution in [3.05, 3.63) is 53.1 Å². The highest BCUT2D eigenvalue weighted by molar-refractivity contribution is 6.32. The second-order valence-electron chi connectivity index (χ2n) is 7.53. The summed E-state index contributed by atoms with van der Waals surface area (Å²) in [7, 11) is 0. The van der Waals surface area contributed by atoms with Gasteiger partial charge in [-0.3, -0.25) is 9.59 Å². The fourth-order valence-corrected chi connectivity index (χ4v) is 3.45. The predicted molar refractivity (Wildman–Crippen MR) is 118 cm³/mol. The van der Waals surface area contributed by atoms with Gasteiger partial charge in [-0.2, -0.15) is 0 Å². The molecule has 31 heavy (non-hydrogen) atoms. The molecular weight excluding hydrogens is 420 g/mol. The Balaban J connectivity index is 1.49. The number of ether oxygens (including phenoxy) is 3. The first-order chi connectivity index (χ1) is 14.9. The Kier molecular flexibility index (Phi) is 8.00. The highest BCUT2D eigenvalue weighted by atomic mass is 35.5. The van der Waals surface area contributed by atoms with Crippen LogP contribution in [0.2, 0.25) is 5.02 Å². The number of fused-ring (bicyclic) bond motifs is 1. The molecule has 3 rings (SSSR count). The molecule has 2 aromatic rings. The average Bonchev–Trinajstić information content (AvgIpc) is 2.76. The number of carbonyl (C=O) groups is 2. The van der Waals surface area contributed by atoms with Gasteiger partial charge in [-0.05, 0) is 42.2 Å². The van der Waals surface area contributed by atoms with E-state index in [0.717, 1.165) is 5.56 Å². The van der Waals surface area contributed by atoms with E-state index in [1.807, 2.05) is 44.2 Å². The van der Waals surface area contributed by atoms with Crippen LogP contribution < -0.4 is 24.8 Å². The van der Waals surface area contributed by atoms with Crippen LogP contribution in [0.25, 0.3) is 0 Å². The Bertz CT molecular complexity index is 904. The van der Waals surface area contributed by atoms with Gasteiger partial charge in [0.05, 0.1) is 5.02 Å². The van der Waals surface area contributed by atoms with Crippen LogP contribution in [0.5, 0.6) is 17.2 Å². The van der Waals surface area contributed by atoms with Gasteiger partial charge in [0.1, 0.15) is 25.0 Å². The first kappa shape index (κ1) is 22.7. The standard InChI is InChI=1S/C23H27ClN2O5/c1-15(2)21(26-20(27)14-31-17-6-4-3-5-7-17)23(28)25-9-8-16-12-18(24)22-19(13-16)29-10-11-30-22/h3-7,12-13,15,21H,8-11,14H2,1-2H3,(H,25,28)(H,26,27). The van der Waals surface area contributed by atoms with Gasteiger partial charge in [-0.15, -0.1) is 0 Å². The van der Waals surface area contributed by atoms with Crippen molar-refractivity contribution in [2.24, 2.45) is 5.92 Å². The minimum absolute atomic E-state index is 0.0792. The third-order valence-corrected chi connectivity index (χ3v) is 5.03. The van der Waals surface area contributed by atoms with Crippen molar-refractivity contribution in [1.29, 1.82) is 0 Å². The zero-order valence-corrected chi connectivity index (χ0v) is 18.4. The monoisotopic (exact) mass is 446 g/mol. The Labute approximate surface area is 187 Å². The van der Waals surface area contributed by atoms with Crippen molar-refractivity contribution in [1.82, 2.24) is 10.6 Å². The van der Waals surface area contributed by atoms with Crippen LogP contribution >= 0.6 is 11.6 Å². The zero-order valence-electron chi connectivity index (χ0n) is 17.7. The van der Waals surface area contributed by atoms with Gasteiger partial charge in [0, 0.05) is 6.54 Å². The molecule has 1 aliphatic rings. The molecule has 0 fully saturated rings. The van der Waals surface area contributed by atoms with Gasteiger partial charge in [0.15, 0.2) is 18.1 Å². The van der Waals surface area contributed by atoms with Crippen LogP contribution in [-0.2, 0) is 16.0 Å². The molecule has 0 aromatic heterocycles. The van der Waals surface area contributed by atoms with Crippen LogP contribution in [0, 0.1) is 5.92 Å². The van der Waals surface area contributed by atoms with E-state index in [9.17, 15) is 9.59 Å². The van der Waals surface area contributed by atoms with Crippen LogP contribution in [0.4, 0.5) is 0 Å². The summed E-state index contributed by atoms with van der Waals surface area (Å²) in [6.07, 6.45) is 0.567. The maximum Gasteiger partial charge on any atom is 0.258 e. The minimum atomic E-state index is -0.657. The van der Waals surface area contributed by atoms with E-state index in [2.05, 4.69) is 10.6 Å². The molecule has 2 amide bonds. The molecule has 1 atom stereocenters. The maximum atomic E-state index is 12.6. The molecule has 1 aliphatic heterocycles. The lowest BCUT2D eigenvalue weighted by molar-refractivity contribution is -0.131. The van der Waals surface area contributed by atoms with E-state index < -0.39 is 6.04 Å². The zero-order chi connectivity index (χ0) is 22.2. The fourth-order valence-electron chi connectivity index (χ4n) is 3.16. The summed E-state index contributed by atoms with van der Waals surface area (Å²) in [5, 5.41) is 6.12. The Morgan fingerprint density at radius 1 is 1.13 bits per heavy atom. The van der Waals surface area contributed by atoms with Crippen molar-refractivity contribution >= 4 is 23.4 Å². The SMILES string of the molecule is CC(C)C(NC(=O)COc1ccccc1)C(=O)NCCc1cc(Cl)c2c(c1)OCCO2. The van der Waals surface area contributed by atoms with Gasteiger partial charge >= 0.3 is 0 Å². The average molecular weight is 447 g/mol. The first-order valence-electron chi connectivity index (χ1n) is 10.3. The van der Waals surface area contributed by atoms with Crippen LogP contribution in [0.1, 0.15) is 19.4 Å². The lowest BCUT2D eigenvalue weighted by Gasteiger charge is -2.22. The molecule has 7 nitrogen and oxygen atoms in total. The molecule has 166 valence electrons. The predicted octanol–water partition coefficient (Wildman–Crippen LogP) is 2.99. The first-order valence-corrected chi connectivity index (χ1v) is 10.6. The number of hydrogen-bond acceptors (Lipinski definition) is 5. The molecule has 0 saturated heterocycles. The smallest absolute Gasteiger partial charge is 0.258 e. The highest BCUT2D eigenvalue weighted by Crippen LogP contribution is 2.38. The van der Waals surface area contributed by atoms with Gasteiger partial charge < -0.3 is 24.8 Å². The largest absolute Gasteiger partial charge is 0.486 e. The quantitative estimate of drug-likeness (QED) is 0.618. The van der Waals surface area contributed by atoms with Gasteiger partial charge in [0.2, 0.25) is 5.91 Å².